The molecule has 0 aliphatic heterocycles. The van der Waals surface area contributed by atoms with Gasteiger partial charge in [0.25, 0.3) is 15.9 Å². The number of H-pyrrole nitrogens is 1. The van der Waals surface area contributed by atoms with Crippen LogP contribution in [0.2, 0.25) is 5.02 Å². The maximum atomic E-state index is 13.2. The zero-order chi connectivity index (χ0) is 17.3. The summed E-state index contributed by atoms with van der Waals surface area (Å²) in [5, 5.41) is 0.750. The van der Waals surface area contributed by atoms with Crippen molar-refractivity contribution in [1.82, 2.24) is 15.2 Å². The Kier molecular flexibility index (Phi) is 4.27. The molecular weight excluding hydrogens is 357 g/mol. The van der Waals surface area contributed by atoms with E-state index in [1.807, 2.05) is 4.83 Å². The highest BCUT2D eigenvalue weighted by Gasteiger charge is 2.17. The highest BCUT2D eigenvalue weighted by Crippen LogP contribution is 2.17. The number of benzene rings is 2. The Morgan fingerprint density at radius 1 is 1.12 bits per heavy atom. The average molecular weight is 368 g/mol. The number of aromatic amines is 1. The van der Waals surface area contributed by atoms with Crippen molar-refractivity contribution in [2.24, 2.45) is 0 Å². The predicted octanol–water partition coefficient (Wildman–Crippen LogP) is 2.58. The molecule has 0 radical (unpaired) electrons. The number of carbonyl (C=O) groups excluding carboxylic acids is 1. The lowest BCUT2D eigenvalue weighted by Crippen LogP contribution is -2.41. The van der Waals surface area contributed by atoms with Gasteiger partial charge in [0.15, 0.2) is 0 Å². The topological polar surface area (TPSA) is 91.1 Å². The molecule has 0 aliphatic rings. The molecule has 0 bridgehead atoms. The van der Waals surface area contributed by atoms with Gasteiger partial charge in [-0.15, -0.1) is 4.83 Å². The summed E-state index contributed by atoms with van der Waals surface area (Å²) in [5.74, 6) is -1.15. The molecule has 0 atom stereocenters. The summed E-state index contributed by atoms with van der Waals surface area (Å²) in [6.07, 6.45) is 0. The molecule has 0 unspecified atom stereocenters. The number of halogens is 2. The van der Waals surface area contributed by atoms with E-state index < -0.39 is 21.7 Å². The molecule has 1 amide bonds. The zero-order valence-electron chi connectivity index (χ0n) is 12.0. The Bertz CT molecular complexity index is 1030. The highest BCUT2D eigenvalue weighted by molar-refractivity contribution is 7.89. The van der Waals surface area contributed by atoms with Crippen LogP contribution in [-0.4, -0.2) is 19.3 Å². The standard InChI is InChI=1S/C15H11ClFN3O3S/c16-10-2-1-3-12(8-10)24(22,23)20-19-15(21)14-7-9-6-11(17)4-5-13(9)18-14/h1-8,18,20H,(H,19,21). The van der Waals surface area contributed by atoms with E-state index in [9.17, 15) is 17.6 Å². The van der Waals surface area contributed by atoms with Crippen LogP contribution in [0, 0.1) is 5.82 Å². The molecule has 2 aromatic carbocycles. The number of nitrogens with one attached hydrogen (secondary N) is 3. The molecule has 1 heterocycles. The Hall–Kier alpha value is -2.42. The van der Waals surface area contributed by atoms with Gasteiger partial charge >= 0.3 is 0 Å². The molecule has 6 nitrogen and oxygen atoms in total. The lowest BCUT2D eigenvalue weighted by molar-refractivity contribution is 0.0941. The van der Waals surface area contributed by atoms with E-state index in [0.717, 1.165) is 0 Å². The van der Waals surface area contributed by atoms with Crippen molar-refractivity contribution in [3.05, 3.63) is 65.1 Å². The predicted molar refractivity (Wildman–Crippen MR) is 87.5 cm³/mol. The van der Waals surface area contributed by atoms with E-state index in [-0.39, 0.29) is 15.6 Å². The molecule has 9 heteroatoms. The molecular formula is C15H11ClFN3O3S. The summed E-state index contributed by atoms with van der Waals surface area (Å²) >= 11 is 5.75. The van der Waals surface area contributed by atoms with Crippen molar-refractivity contribution in [2.75, 3.05) is 0 Å². The first-order chi connectivity index (χ1) is 11.3. The summed E-state index contributed by atoms with van der Waals surface area (Å²) < 4.78 is 37.3. The third-order valence-electron chi connectivity index (χ3n) is 3.23. The molecule has 3 aromatic rings. The number of hydrogen-bond acceptors (Lipinski definition) is 3. The Balaban J connectivity index is 1.76. The SMILES string of the molecule is O=C(NNS(=O)(=O)c1cccc(Cl)c1)c1cc2cc(F)ccc2[nH]1. The van der Waals surface area contributed by atoms with Crippen molar-refractivity contribution >= 4 is 38.4 Å². The van der Waals surface area contributed by atoms with Crippen molar-refractivity contribution in [3.63, 3.8) is 0 Å². The van der Waals surface area contributed by atoms with Crippen LogP contribution in [0.4, 0.5) is 4.39 Å². The highest BCUT2D eigenvalue weighted by atomic mass is 35.5. The Labute approximate surface area is 141 Å². The third kappa shape index (κ3) is 3.40. The smallest absolute Gasteiger partial charge is 0.282 e. The number of carbonyl (C=O) groups is 1. The minimum atomic E-state index is -3.96. The van der Waals surface area contributed by atoms with E-state index in [4.69, 9.17) is 11.6 Å². The normalized spacial score (nSPS) is 11.6. The van der Waals surface area contributed by atoms with Gasteiger partial charge in [0.05, 0.1) is 4.90 Å². The van der Waals surface area contributed by atoms with Gasteiger partial charge in [-0.3, -0.25) is 10.2 Å². The van der Waals surface area contributed by atoms with Gasteiger partial charge < -0.3 is 4.98 Å². The van der Waals surface area contributed by atoms with E-state index in [1.165, 1.54) is 48.5 Å². The molecule has 24 heavy (non-hydrogen) atoms. The molecule has 0 aliphatic carbocycles. The summed E-state index contributed by atoms with van der Waals surface area (Å²) in [5.41, 5.74) is 2.73. The number of sulfonamides is 1. The minimum Gasteiger partial charge on any atom is -0.350 e. The van der Waals surface area contributed by atoms with Crippen molar-refractivity contribution in [3.8, 4) is 0 Å². The fraction of sp³-hybridized carbons (Fsp3) is 0. The summed E-state index contributed by atoms with van der Waals surface area (Å²) in [6.45, 7) is 0. The van der Waals surface area contributed by atoms with Crippen molar-refractivity contribution < 1.29 is 17.6 Å². The van der Waals surface area contributed by atoms with Crippen molar-refractivity contribution in [1.29, 1.82) is 0 Å². The molecule has 1 aromatic heterocycles. The molecule has 0 saturated heterocycles. The molecule has 0 fully saturated rings. The summed E-state index contributed by atoms with van der Waals surface area (Å²) in [4.78, 5) is 16.7. The Morgan fingerprint density at radius 2 is 1.92 bits per heavy atom. The molecule has 124 valence electrons. The lowest BCUT2D eigenvalue weighted by atomic mass is 10.2. The minimum absolute atomic E-state index is 0.0874. The molecule has 3 N–H and O–H groups in total. The van der Waals surface area contributed by atoms with Crippen LogP contribution in [0.5, 0.6) is 0 Å². The molecule has 0 spiro atoms. The second-order valence-electron chi connectivity index (χ2n) is 4.93. The van der Waals surface area contributed by atoms with E-state index in [2.05, 4.69) is 10.4 Å². The maximum absolute atomic E-state index is 13.2. The third-order valence-corrected chi connectivity index (χ3v) is 4.71. The number of hydrogen-bond donors (Lipinski definition) is 3. The van der Waals surface area contributed by atoms with Gasteiger partial charge in [0, 0.05) is 15.9 Å². The second kappa shape index (κ2) is 6.23. The van der Waals surface area contributed by atoms with Crippen LogP contribution < -0.4 is 10.3 Å². The quantitative estimate of drug-likeness (QED) is 0.619. The molecule has 0 saturated carbocycles. The van der Waals surface area contributed by atoms with Gasteiger partial charge in [0.2, 0.25) is 0 Å². The number of rotatable bonds is 4. The van der Waals surface area contributed by atoms with Gasteiger partial charge in [-0.2, -0.15) is 0 Å². The lowest BCUT2D eigenvalue weighted by Gasteiger charge is -2.07. The van der Waals surface area contributed by atoms with Crippen molar-refractivity contribution in [2.45, 2.75) is 4.90 Å². The Morgan fingerprint density at radius 3 is 2.67 bits per heavy atom. The number of amides is 1. The number of aromatic nitrogens is 1. The maximum Gasteiger partial charge on any atom is 0.282 e. The number of hydrazine groups is 1. The first-order valence-corrected chi connectivity index (χ1v) is 8.57. The second-order valence-corrected chi connectivity index (χ2v) is 7.05. The summed E-state index contributed by atoms with van der Waals surface area (Å²) in [6, 6.07) is 11.0. The van der Waals surface area contributed by atoms with E-state index in [1.54, 1.807) is 0 Å². The van der Waals surface area contributed by atoms with Crippen LogP contribution in [0.3, 0.4) is 0 Å². The van der Waals surface area contributed by atoms with Crippen LogP contribution in [0.1, 0.15) is 10.5 Å². The fourth-order valence-corrected chi connectivity index (χ4v) is 3.24. The van der Waals surface area contributed by atoms with Gasteiger partial charge in [-0.05, 0) is 42.5 Å². The van der Waals surface area contributed by atoms with E-state index >= 15 is 0 Å². The largest absolute Gasteiger partial charge is 0.350 e. The van der Waals surface area contributed by atoms with Gasteiger partial charge in [-0.25, -0.2) is 12.8 Å². The van der Waals surface area contributed by atoms with Crippen LogP contribution in [0.25, 0.3) is 10.9 Å². The van der Waals surface area contributed by atoms with Gasteiger partial charge in [0.1, 0.15) is 11.5 Å². The first kappa shape index (κ1) is 16.4. The first-order valence-electron chi connectivity index (χ1n) is 6.71. The van der Waals surface area contributed by atoms with E-state index in [0.29, 0.717) is 10.9 Å². The monoisotopic (exact) mass is 367 g/mol. The number of fused-ring (bicyclic) bond motifs is 1. The zero-order valence-corrected chi connectivity index (χ0v) is 13.6. The fourth-order valence-electron chi connectivity index (χ4n) is 2.10. The average Bonchev–Trinajstić information content (AvgIpc) is 2.96. The van der Waals surface area contributed by atoms with Gasteiger partial charge in [-0.1, -0.05) is 17.7 Å². The molecule has 3 rings (SSSR count). The summed E-state index contributed by atoms with van der Waals surface area (Å²) in [7, 11) is -3.96. The van der Waals surface area contributed by atoms with Crippen LogP contribution in [-0.2, 0) is 10.0 Å². The van der Waals surface area contributed by atoms with Crippen LogP contribution in [0.15, 0.2) is 53.4 Å². The van der Waals surface area contributed by atoms with Crippen LogP contribution >= 0.6 is 11.6 Å².